The van der Waals surface area contributed by atoms with Crippen LogP contribution in [0.4, 0.5) is 0 Å². The Labute approximate surface area is 129 Å². The smallest absolute Gasteiger partial charge is 0.245 e. The van der Waals surface area contributed by atoms with Crippen molar-refractivity contribution in [3.63, 3.8) is 0 Å². The van der Waals surface area contributed by atoms with Gasteiger partial charge in [-0.05, 0) is 26.6 Å². The van der Waals surface area contributed by atoms with Gasteiger partial charge in [0.05, 0.1) is 6.04 Å². The van der Waals surface area contributed by atoms with Crippen LogP contribution in [0.15, 0.2) is 29.0 Å². The number of nitrogens with zero attached hydrogens (tertiary/aromatic N) is 2. The minimum atomic E-state index is -0.471. The van der Waals surface area contributed by atoms with Gasteiger partial charge in [-0.2, -0.15) is 0 Å². The fourth-order valence-corrected chi connectivity index (χ4v) is 2.37. The van der Waals surface area contributed by atoms with E-state index in [1.165, 1.54) is 0 Å². The van der Waals surface area contributed by atoms with Gasteiger partial charge in [-0.1, -0.05) is 24.3 Å². The van der Waals surface area contributed by atoms with Crippen molar-refractivity contribution >= 4 is 20.7 Å². The van der Waals surface area contributed by atoms with Gasteiger partial charge in [-0.25, -0.2) is 0 Å². The molecular formula is C13H14N2O2PW-. The second-order valence-electron chi connectivity index (χ2n) is 4.29. The van der Waals surface area contributed by atoms with Crippen LogP contribution in [0, 0.1) is 6.92 Å². The first kappa shape index (κ1) is 16.1. The van der Waals surface area contributed by atoms with Gasteiger partial charge < -0.3 is 16.6 Å². The predicted molar refractivity (Wildman–Crippen MR) is 70.5 cm³/mol. The fourth-order valence-electron chi connectivity index (χ4n) is 2.23. The molecule has 1 aliphatic heterocycles. The van der Waals surface area contributed by atoms with Crippen molar-refractivity contribution in [2.45, 2.75) is 19.0 Å². The number of fused-ring (bicyclic) bond motifs is 1. The van der Waals surface area contributed by atoms with Crippen molar-refractivity contribution in [3.05, 3.63) is 42.3 Å². The van der Waals surface area contributed by atoms with E-state index in [1.807, 2.05) is 24.3 Å². The number of benzene rings is 1. The number of ketones is 1. The van der Waals surface area contributed by atoms with Crippen LogP contribution in [0.2, 0.25) is 0 Å². The molecule has 0 aromatic heterocycles. The van der Waals surface area contributed by atoms with E-state index in [-0.39, 0.29) is 39.3 Å². The van der Waals surface area contributed by atoms with E-state index >= 15 is 0 Å². The molecule has 6 heteroatoms. The fraction of sp³-hybridized carbons (Fsp3) is 0.308. The molecule has 1 aliphatic rings. The van der Waals surface area contributed by atoms with E-state index in [0.29, 0.717) is 13.0 Å². The number of amides is 1. The van der Waals surface area contributed by atoms with Crippen LogP contribution in [-0.4, -0.2) is 29.2 Å². The molecule has 1 heterocycles. The molecule has 0 bridgehead atoms. The third-order valence-electron chi connectivity index (χ3n) is 3.15. The van der Waals surface area contributed by atoms with E-state index in [9.17, 15) is 9.59 Å². The van der Waals surface area contributed by atoms with Crippen LogP contribution in [0.1, 0.15) is 11.1 Å². The van der Waals surface area contributed by atoms with Crippen LogP contribution < -0.4 is 0 Å². The Balaban J connectivity index is 0.00000180. The van der Waals surface area contributed by atoms with Crippen molar-refractivity contribution in [1.82, 2.24) is 4.90 Å². The number of carbonyl (C=O) groups excluding carboxylic acids is 2. The maximum absolute atomic E-state index is 11.9. The van der Waals surface area contributed by atoms with Gasteiger partial charge in [0.25, 0.3) is 0 Å². The van der Waals surface area contributed by atoms with Gasteiger partial charge in [0.2, 0.25) is 5.91 Å². The van der Waals surface area contributed by atoms with E-state index < -0.39 is 6.04 Å². The number of hydrogen-bond acceptors (Lipinski definition) is 3. The van der Waals surface area contributed by atoms with Crippen molar-refractivity contribution in [2.75, 3.05) is 6.54 Å². The third kappa shape index (κ3) is 3.52. The molecule has 1 aromatic carbocycles. The Kier molecular flexibility index (Phi) is 5.90. The first-order valence-corrected chi connectivity index (χ1v) is 6.13. The first-order chi connectivity index (χ1) is 8.63. The molecule has 0 N–H and O–H groups in total. The second-order valence-corrected chi connectivity index (χ2v) is 4.61. The Bertz CT molecular complexity index is 507. The van der Waals surface area contributed by atoms with E-state index in [2.05, 4.69) is 20.7 Å². The molecule has 1 unspecified atom stereocenters. The SMILES string of the molecule is [CH2-]C(=O)C1Cc2ccccc2CN1C(=O)CN=P.[W]. The summed E-state index contributed by atoms with van der Waals surface area (Å²) < 4.78 is 3.64. The van der Waals surface area contributed by atoms with Gasteiger partial charge in [0, 0.05) is 33.4 Å². The molecule has 2 rings (SSSR count). The molecule has 0 spiro atoms. The minimum absolute atomic E-state index is 0. The quantitative estimate of drug-likeness (QED) is 0.526. The number of hydrogen-bond donors (Lipinski definition) is 0. The minimum Gasteiger partial charge on any atom is -0.337 e. The Morgan fingerprint density at radius 2 is 2.00 bits per heavy atom. The van der Waals surface area contributed by atoms with Crippen molar-refractivity contribution in [3.8, 4) is 0 Å². The third-order valence-corrected chi connectivity index (χ3v) is 3.31. The summed E-state index contributed by atoms with van der Waals surface area (Å²) >= 11 is 0. The molecule has 1 amide bonds. The summed E-state index contributed by atoms with van der Waals surface area (Å²) in [6, 6.07) is 7.36. The summed E-state index contributed by atoms with van der Waals surface area (Å²) in [5.74, 6) is -0.395. The summed E-state index contributed by atoms with van der Waals surface area (Å²) in [4.78, 5) is 25.1. The Morgan fingerprint density at radius 3 is 2.58 bits per heavy atom. The second kappa shape index (κ2) is 6.98. The van der Waals surface area contributed by atoms with Gasteiger partial charge in [0.1, 0.15) is 6.54 Å². The van der Waals surface area contributed by atoms with Crippen LogP contribution in [0.5, 0.6) is 0 Å². The summed E-state index contributed by atoms with van der Waals surface area (Å²) in [7, 11) is 2.93. The molecule has 0 aliphatic carbocycles. The van der Waals surface area contributed by atoms with Crippen LogP contribution >= 0.6 is 9.03 Å². The molecule has 4 nitrogen and oxygen atoms in total. The van der Waals surface area contributed by atoms with Crippen LogP contribution in [-0.2, 0) is 43.6 Å². The Hall–Kier alpha value is -0.982. The van der Waals surface area contributed by atoms with E-state index in [4.69, 9.17) is 0 Å². The monoisotopic (exact) mass is 445 g/mol. The molecule has 0 saturated carbocycles. The first-order valence-electron chi connectivity index (χ1n) is 5.68. The van der Waals surface area contributed by atoms with Crippen molar-refractivity contribution < 1.29 is 30.7 Å². The average molecular weight is 445 g/mol. The van der Waals surface area contributed by atoms with Crippen LogP contribution in [0.3, 0.4) is 0 Å². The van der Waals surface area contributed by atoms with Crippen LogP contribution in [0.25, 0.3) is 0 Å². The molecule has 0 saturated heterocycles. The topological polar surface area (TPSA) is 49.7 Å². The van der Waals surface area contributed by atoms with Gasteiger partial charge >= 0.3 is 0 Å². The molecule has 19 heavy (non-hydrogen) atoms. The molecule has 1 aromatic rings. The number of rotatable bonds is 3. The molecule has 0 radical (unpaired) electrons. The number of carbonyl (C=O) groups is 2. The van der Waals surface area contributed by atoms with Gasteiger partial charge in [-0.3, -0.25) is 9.54 Å². The number of Topliss-reactive ketones (excluding diaryl/α,β-unsaturated/α-hetero) is 1. The summed E-state index contributed by atoms with van der Waals surface area (Å²) in [5.41, 5.74) is 2.19. The van der Waals surface area contributed by atoms with E-state index in [1.54, 1.807) is 4.90 Å². The average Bonchev–Trinajstić information content (AvgIpc) is 2.37. The standard InChI is InChI=1S/C13H14N2O2P.W/c1-9(16)12-6-10-4-2-3-5-11(10)8-15(12)13(17)7-14-18;/h2-5,12,18H,1,6-8H2;/q-1;. The Morgan fingerprint density at radius 1 is 1.37 bits per heavy atom. The predicted octanol–water partition coefficient (Wildman–Crippen LogP) is 1.67. The van der Waals surface area contributed by atoms with Crippen molar-refractivity contribution in [1.29, 1.82) is 0 Å². The zero-order chi connectivity index (χ0) is 13.1. The zero-order valence-corrected chi connectivity index (χ0v) is 14.3. The normalized spacial score (nSPS) is 17.1. The summed E-state index contributed by atoms with van der Waals surface area (Å²) in [5, 5.41) is 0. The summed E-state index contributed by atoms with van der Waals surface area (Å²) in [6.45, 7) is 3.93. The van der Waals surface area contributed by atoms with Crippen molar-refractivity contribution in [2.24, 2.45) is 4.74 Å². The zero-order valence-electron chi connectivity index (χ0n) is 10.3. The molecular weight excluding hydrogens is 431 g/mol. The van der Waals surface area contributed by atoms with Gasteiger partial charge in [-0.15, -0.1) is 0 Å². The largest absolute Gasteiger partial charge is 0.337 e. The molecule has 0 fully saturated rings. The van der Waals surface area contributed by atoms with E-state index in [0.717, 1.165) is 11.1 Å². The molecule has 100 valence electrons. The maximum Gasteiger partial charge on any atom is 0.245 e. The maximum atomic E-state index is 11.9. The molecule has 1 atom stereocenters. The van der Waals surface area contributed by atoms with Gasteiger partial charge in [0.15, 0.2) is 0 Å². The summed E-state index contributed by atoms with van der Waals surface area (Å²) in [6.07, 6.45) is 0.534.